The van der Waals surface area contributed by atoms with Crippen molar-refractivity contribution in [1.29, 1.82) is 0 Å². The molecule has 72 heavy (non-hydrogen) atoms. The second kappa shape index (κ2) is 60.7. The average molecular weight is 1010 g/mol. The molecule has 0 rings (SSSR count). The van der Waals surface area contributed by atoms with Crippen molar-refractivity contribution in [1.82, 2.24) is 0 Å². The van der Waals surface area contributed by atoms with E-state index in [0.717, 1.165) is 83.5 Å². The molecule has 0 fully saturated rings. The molecular weight excluding hydrogens is 889 g/mol. The van der Waals surface area contributed by atoms with Gasteiger partial charge in [0.1, 0.15) is 13.2 Å². The van der Waals surface area contributed by atoms with E-state index in [4.69, 9.17) is 14.2 Å². The van der Waals surface area contributed by atoms with Crippen LogP contribution in [0.15, 0.2) is 60.8 Å². The number of carbonyl (C=O) groups excluding carboxylic acids is 3. The highest BCUT2D eigenvalue weighted by molar-refractivity contribution is 5.71. The van der Waals surface area contributed by atoms with Gasteiger partial charge in [0.2, 0.25) is 0 Å². The van der Waals surface area contributed by atoms with E-state index < -0.39 is 6.10 Å². The fourth-order valence-electron chi connectivity index (χ4n) is 9.01. The summed E-state index contributed by atoms with van der Waals surface area (Å²) in [6, 6.07) is 0. The SMILES string of the molecule is CCCCC/C=C\C/C=C\C/C=C\C/C=C\CCCCCC(=O)OC[C@@H](COC(=O)CCCCCCCCC/C=C\CCCCCCCC)OC(=O)CCCCCCCCCCCCCCCCCCCC. The Labute approximate surface area is 447 Å². The van der Waals surface area contributed by atoms with Crippen molar-refractivity contribution in [3.05, 3.63) is 60.8 Å². The van der Waals surface area contributed by atoms with Crippen LogP contribution in [-0.4, -0.2) is 37.2 Å². The second-order valence-corrected chi connectivity index (χ2v) is 21.0. The molecule has 0 aliphatic rings. The van der Waals surface area contributed by atoms with Crippen LogP contribution in [0, 0.1) is 0 Å². The highest BCUT2D eigenvalue weighted by Gasteiger charge is 2.19. The highest BCUT2D eigenvalue weighted by Crippen LogP contribution is 2.17. The molecule has 0 radical (unpaired) electrons. The minimum atomic E-state index is -0.788. The minimum Gasteiger partial charge on any atom is -0.462 e. The summed E-state index contributed by atoms with van der Waals surface area (Å²) in [4.78, 5) is 38.3. The van der Waals surface area contributed by atoms with Crippen molar-refractivity contribution in [3.63, 3.8) is 0 Å². The van der Waals surface area contributed by atoms with Gasteiger partial charge in [-0.25, -0.2) is 0 Å². The van der Waals surface area contributed by atoms with Crippen LogP contribution in [0.25, 0.3) is 0 Å². The van der Waals surface area contributed by atoms with Crippen molar-refractivity contribution in [2.45, 2.75) is 329 Å². The first-order valence-corrected chi connectivity index (χ1v) is 31.3. The third kappa shape index (κ3) is 58.0. The van der Waals surface area contributed by atoms with Gasteiger partial charge in [0.25, 0.3) is 0 Å². The van der Waals surface area contributed by atoms with Gasteiger partial charge >= 0.3 is 17.9 Å². The Kier molecular flexibility index (Phi) is 58.2. The maximum atomic E-state index is 12.9. The summed E-state index contributed by atoms with van der Waals surface area (Å²) in [5.41, 5.74) is 0. The molecule has 0 aliphatic heterocycles. The van der Waals surface area contributed by atoms with E-state index in [1.54, 1.807) is 0 Å². The number of hydrogen-bond acceptors (Lipinski definition) is 6. The van der Waals surface area contributed by atoms with E-state index in [-0.39, 0.29) is 31.1 Å². The van der Waals surface area contributed by atoms with Gasteiger partial charge in [-0.3, -0.25) is 14.4 Å². The third-order valence-corrected chi connectivity index (χ3v) is 13.7. The maximum Gasteiger partial charge on any atom is 0.306 e. The monoisotopic (exact) mass is 1010 g/mol. The summed E-state index contributed by atoms with van der Waals surface area (Å²) < 4.78 is 16.9. The van der Waals surface area contributed by atoms with Gasteiger partial charge in [-0.1, -0.05) is 274 Å². The third-order valence-electron chi connectivity index (χ3n) is 13.7. The molecule has 418 valence electrons. The van der Waals surface area contributed by atoms with Crippen LogP contribution < -0.4 is 0 Å². The zero-order valence-corrected chi connectivity index (χ0v) is 47.9. The van der Waals surface area contributed by atoms with Gasteiger partial charge in [0, 0.05) is 19.3 Å². The maximum absolute atomic E-state index is 12.9. The summed E-state index contributed by atoms with van der Waals surface area (Å²) in [5, 5.41) is 0. The lowest BCUT2D eigenvalue weighted by molar-refractivity contribution is -0.167. The molecule has 0 aromatic heterocycles. The van der Waals surface area contributed by atoms with Gasteiger partial charge in [0.15, 0.2) is 6.10 Å². The Bertz CT molecular complexity index is 1290. The van der Waals surface area contributed by atoms with Crippen LogP contribution in [0.1, 0.15) is 323 Å². The van der Waals surface area contributed by atoms with Crippen molar-refractivity contribution in [2.75, 3.05) is 13.2 Å². The predicted molar refractivity (Wildman–Crippen MR) is 312 cm³/mol. The Morgan fingerprint density at radius 1 is 0.278 bits per heavy atom. The molecule has 0 unspecified atom stereocenters. The summed E-state index contributed by atoms with van der Waals surface area (Å²) >= 11 is 0. The standard InChI is InChI=1S/C66H118O6/c1-4-7-10-13-16-19-22-25-28-31-33-36-38-41-44-47-50-53-56-59-65(68)71-62-63(61-70-64(67)58-55-52-49-46-43-40-37-34-30-27-24-21-18-15-12-9-6-3)72-66(69)60-57-54-51-48-45-42-39-35-32-29-26-23-20-17-14-11-8-5-2/h16,19,25,27-28,30,33,36,41,44,63H,4-15,17-18,20-24,26,29,31-32,34-35,37-40,42-43,45-62H2,1-3H3/b19-16-,28-25-,30-27-,36-33-,44-41-/t63-/m1/s1. The van der Waals surface area contributed by atoms with Crippen molar-refractivity contribution < 1.29 is 28.6 Å². The van der Waals surface area contributed by atoms with E-state index >= 15 is 0 Å². The summed E-state index contributed by atoms with van der Waals surface area (Å²) in [5.74, 6) is -0.902. The van der Waals surface area contributed by atoms with Crippen LogP contribution >= 0.6 is 0 Å². The summed E-state index contributed by atoms with van der Waals surface area (Å²) in [6.07, 6.45) is 76.4. The van der Waals surface area contributed by atoms with Crippen molar-refractivity contribution in [3.8, 4) is 0 Å². The number of allylic oxidation sites excluding steroid dienone is 10. The van der Waals surface area contributed by atoms with E-state index in [1.807, 2.05) is 0 Å². The van der Waals surface area contributed by atoms with E-state index in [2.05, 4.69) is 81.5 Å². The van der Waals surface area contributed by atoms with Crippen LogP contribution in [0.4, 0.5) is 0 Å². The molecule has 6 heteroatoms. The molecule has 0 spiro atoms. The lowest BCUT2D eigenvalue weighted by atomic mass is 10.0. The molecule has 0 N–H and O–H groups in total. The van der Waals surface area contributed by atoms with Gasteiger partial charge in [-0.2, -0.15) is 0 Å². The van der Waals surface area contributed by atoms with Crippen molar-refractivity contribution in [2.24, 2.45) is 0 Å². The van der Waals surface area contributed by atoms with E-state index in [9.17, 15) is 14.4 Å². The fraction of sp³-hybridized carbons (Fsp3) is 0.803. The number of hydrogen-bond donors (Lipinski definition) is 0. The second-order valence-electron chi connectivity index (χ2n) is 21.0. The minimum absolute atomic E-state index is 0.0839. The molecule has 0 saturated heterocycles. The van der Waals surface area contributed by atoms with Crippen molar-refractivity contribution >= 4 is 17.9 Å². The molecule has 0 bridgehead atoms. The summed E-state index contributed by atoms with van der Waals surface area (Å²) in [6.45, 7) is 6.62. The molecule has 0 heterocycles. The summed E-state index contributed by atoms with van der Waals surface area (Å²) in [7, 11) is 0. The van der Waals surface area contributed by atoms with Crippen LogP contribution in [0.3, 0.4) is 0 Å². The molecule has 0 aromatic carbocycles. The first-order chi connectivity index (χ1) is 35.5. The Morgan fingerprint density at radius 2 is 0.500 bits per heavy atom. The molecular formula is C66H118O6. The van der Waals surface area contributed by atoms with E-state index in [1.165, 1.54) is 199 Å². The number of unbranched alkanes of at least 4 members (excludes halogenated alkanes) is 36. The Balaban J connectivity index is 4.41. The lowest BCUT2D eigenvalue weighted by Crippen LogP contribution is -2.30. The van der Waals surface area contributed by atoms with Crippen LogP contribution in [-0.2, 0) is 28.6 Å². The first kappa shape index (κ1) is 69.1. The Hall–Kier alpha value is -2.89. The molecule has 0 amide bonds. The lowest BCUT2D eigenvalue weighted by Gasteiger charge is -2.18. The molecule has 0 saturated carbocycles. The van der Waals surface area contributed by atoms with Crippen LogP contribution in [0.2, 0.25) is 0 Å². The largest absolute Gasteiger partial charge is 0.462 e. The molecule has 1 atom stereocenters. The Morgan fingerprint density at radius 3 is 0.833 bits per heavy atom. The number of rotatable bonds is 57. The van der Waals surface area contributed by atoms with Gasteiger partial charge < -0.3 is 14.2 Å². The van der Waals surface area contributed by atoms with Gasteiger partial charge in [-0.05, 0) is 89.9 Å². The zero-order chi connectivity index (χ0) is 52.2. The molecule has 6 nitrogen and oxygen atoms in total. The number of carbonyl (C=O) groups is 3. The smallest absolute Gasteiger partial charge is 0.306 e. The average Bonchev–Trinajstić information content (AvgIpc) is 3.38. The fourth-order valence-corrected chi connectivity index (χ4v) is 9.01. The number of ether oxygens (including phenoxy) is 3. The molecule has 0 aliphatic carbocycles. The zero-order valence-electron chi connectivity index (χ0n) is 47.9. The number of esters is 3. The topological polar surface area (TPSA) is 78.9 Å². The quantitative estimate of drug-likeness (QED) is 0.0261. The normalized spacial score (nSPS) is 12.4. The first-order valence-electron chi connectivity index (χ1n) is 31.3. The van der Waals surface area contributed by atoms with E-state index in [0.29, 0.717) is 19.3 Å². The highest BCUT2D eigenvalue weighted by atomic mass is 16.6. The predicted octanol–water partition coefficient (Wildman–Crippen LogP) is 21.2. The van der Waals surface area contributed by atoms with Gasteiger partial charge in [0.05, 0.1) is 0 Å². The molecule has 0 aromatic rings. The van der Waals surface area contributed by atoms with Crippen LogP contribution in [0.5, 0.6) is 0 Å². The van der Waals surface area contributed by atoms with Gasteiger partial charge in [-0.15, -0.1) is 0 Å².